The second kappa shape index (κ2) is 9.24. The normalized spacial score (nSPS) is 19.8. The lowest BCUT2D eigenvalue weighted by Crippen LogP contribution is -2.48. The molecule has 1 N–H and O–H groups in total. The van der Waals surface area contributed by atoms with Crippen LogP contribution >= 0.6 is 0 Å². The third kappa shape index (κ3) is 4.92. The largest absolute Gasteiger partial charge is 0.491 e. The smallest absolute Gasteiger partial charge is 0.440 e. The van der Waals surface area contributed by atoms with E-state index in [2.05, 4.69) is 15.0 Å². The molecule has 2 aromatic carbocycles. The van der Waals surface area contributed by atoms with Crippen LogP contribution < -0.4 is 15.6 Å². The van der Waals surface area contributed by atoms with Gasteiger partial charge in [-0.25, -0.2) is 9.59 Å². The topological polar surface area (TPSA) is 88.8 Å². The van der Waals surface area contributed by atoms with Crippen LogP contribution in [0.1, 0.15) is 47.3 Å². The molecule has 3 fully saturated rings. The van der Waals surface area contributed by atoms with Crippen LogP contribution in [0.15, 0.2) is 51.7 Å². The van der Waals surface area contributed by atoms with Gasteiger partial charge in [-0.1, -0.05) is 18.2 Å². The summed E-state index contributed by atoms with van der Waals surface area (Å²) in [5.74, 6) is -2.28. The van der Waals surface area contributed by atoms with Gasteiger partial charge in [0.2, 0.25) is 0 Å². The van der Waals surface area contributed by atoms with E-state index in [1.807, 2.05) is 13.0 Å². The van der Waals surface area contributed by atoms with Crippen molar-refractivity contribution in [3.63, 3.8) is 0 Å². The average molecular weight is 515 g/mol. The van der Waals surface area contributed by atoms with Crippen molar-refractivity contribution in [1.29, 1.82) is 0 Å². The highest BCUT2D eigenvalue weighted by Crippen LogP contribution is 2.41. The van der Waals surface area contributed by atoms with Crippen LogP contribution in [0.5, 0.6) is 0 Å². The average Bonchev–Trinajstić information content (AvgIpc) is 2.83. The number of fused-ring (bicyclic) bond motifs is 3. The molecule has 2 aliphatic heterocycles. The number of halogens is 3. The molecule has 2 bridgehead atoms. The van der Waals surface area contributed by atoms with Gasteiger partial charge in [0.25, 0.3) is 0 Å². The van der Waals surface area contributed by atoms with Crippen molar-refractivity contribution in [2.75, 3.05) is 23.3 Å². The summed E-state index contributed by atoms with van der Waals surface area (Å²) < 4.78 is 48.1. The number of anilines is 2. The highest BCUT2D eigenvalue weighted by Gasteiger charge is 2.43. The first-order valence-electron chi connectivity index (χ1n) is 12.0. The van der Waals surface area contributed by atoms with E-state index in [1.165, 1.54) is 37.1 Å². The fraction of sp³-hybridized carbons (Fsp3) is 0.370. The zero-order chi connectivity index (χ0) is 26.5. The minimum absolute atomic E-state index is 0.165. The summed E-state index contributed by atoms with van der Waals surface area (Å²) >= 11 is 0. The van der Waals surface area contributed by atoms with Gasteiger partial charge in [-0.05, 0) is 62.3 Å². The number of rotatable bonds is 5. The van der Waals surface area contributed by atoms with Crippen molar-refractivity contribution in [2.24, 2.45) is 11.8 Å². The Hall–Kier alpha value is -3.82. The van der Waals surface area contributed by atoms with Gasteiger partial charge >= 0.3 is 18.1 Å². The Morgan fingerprint density at radius 2 is 1.78 bits per heavy atom. The van der Waals surface area contributed by atoms with Crippen molar-refractivity contribution in [2.45, 2.75) is 38.9 Å². The van der Waals surface area contributed by atoms with Crippen LogP contribution in [0, 0.1) is 18.8 Å². The fourth-order valence-corrected chi connectivity index (χ4v) is 5.24. The van der Waals surface area contributed by atoms with Gasteiger partial charge in [0, 0.05) is 30.4 Å². The molecule has 1 saturated carbocycles. The zero-order valence-electron chi connectivity index (χ0n) is 20.2. The molecule has 0 spiro atoms. The van der Waals surface area contributed by atoms with Gasteiger partial charge in [0.15, 0.2) is 11.3 Å². The fourth-order valence-electron chi connectivity index (χ4n) is 5.24. The van der Waals surface area contributed by atoms with Crippen molar-refractivity contribution < 1.29 is 31.9 Å². The quantitative estimate of drug-likeness (QED) is 0.362. The monoisotopic (exact) mass is 514 g/mol. The minimum Gasteiger partial charge on any atom is -0.440 e. The summed E-state index contributed by atoms with van der Waals surface area (Å²) in [5, 5.41) is 3.52. The maximum atomic E-state index is 13.1. The maximum Gasteiger partial charge on any atom is 0.491 e. The number of hydrogen-bond donors (Lipinski definition) is 1. The lowest BCUT2D eigenvalue weighted by atomic mass is 9.71. The second-order valence-corrected chi connectivity index (χ2v) is 9.87. The van der Waals surface area contributed by atoms with E-state index in [4.69, 9.17) is 4.42 Å². The Bertz CT molecular complexity index is 1430. The van der Waals surface area contributed by atoms with E-state index < -0.39 is 24.2 Å². The van der Waals surface area contributed by atoms with E-state index in [1.54, 1.807) is 19.1 Å². The van der Waals surface area contributed by atoms with Crippen LogP contribution in [0.25, 0.3) is 11.0 Å². The van der Waals surface area contributed by atoms with Gasteiger partial charge in [-0.2, -0.15) is 13.2 Å². The minimum atomic E-state index is -5.30. The zero-order valence-corrected chi connectivity index (χ0v) is 20.2. The summed E-state index contributed by atoms with van der Waals surface area (Å²) in [7, 11) is 0. The summed E-state index contributed by atoms with van der Waals surface area (Å²) in [4.78, 5) is 38.7. The first-order chi connectivity index (χ1) is 17.5. The Kier molecular flexibility index (Phi) is 6.21. The number of nitrogens with one attached hydrogen (secondary N) is 1. The third-order valence-electron chi connectivity index (χ3n) is 6.99. The number of benzene rings is 2. The first kappa shape index (κ1) is 24.9. The molecular weight excluding hydrogens is 489 g/mol. The number of para-hydroxylation sites is 1. The standard InChI is InChI=1S/C27H25F3N2O5/c1-14-7-19(15(2)31-21-6-4-3-5-18(21)25(34)37-26(35)27(28,29)30)24-20(8-14)22(33)11-23(36-24)32-12-16-9-17(10-16)13-32/h3-8,11,15-17,31H,9-10,12-13H2,1-2H3. The predicted molar refractivity (Wildman–Crippen MR) is 131 cm³/mol. The summed E-state index contributed by atoms with van der Waals surface area (Å²) in [6.45, 7) is 5.30. The molecule has 3 heterocycles. The van der Waals surface area contributed by atoms with Gasteiger partial charge in [0.05, 0.1) is 17.0 Å². The summed E-state index contributed by atoms with van der Waals surface area (Å²) in [5.41, 5.74) is 1.63. The first-order valence-corrected chi connectivity index (χ1v) is 12.0. The molecule has 1 unspecified atom stereocenters. The van der Waals surface area contributed by atoms with Crippen LogP contribution in [0.3, 0.4) is 0 Å². The van der Waals surface area contributed by atoms with Gasteiger partial charge in [-0.3, -0.25) is 4.79 Å². The summed E-state index contributed by atoms with van der Waals surface area (Å²) in [6, 6.07) is 10.4. The van der Waals surface area contributed by atoms with Crippen LogP contribution in [0.2, 0.25) is 0 Å². The number of alkyl halides is 3. The summed E-state index contributed by atoms with van der Waals surface area (Å²) in [6.07, 6.45) is -2.89. The van der Waals surface area contributed by atoms with Crippen molar-refractivity contribution in [1.82, 2.24) is 0 Å². The molecule has 3 aliphatic rings. The molecule has 7 nitrogen and oxygen atoms in total. The van der Waals surface area contributed by atoms with Crippen LogP contribution in [-0.2, 0) is 9.53 Å². The maximum absolute atomic E-state index is 13.1. The van der Waals surface area contributed by atoms with Gasteiger partial charge < -0.3 is 19.4 Å². The SMILES string of the molecule is Cc1cc(C(C)Nc2ccccc2C(=O)OC(=O)C(F)(F)F)c2oc(N3CC4CC(C4)C3)cc(=O)c2c1. The van der Waals surface area contributed by atoms with Crippen LogP contribution in [-0.4, -0.2) is 31.2 Å². The molecule has 37 heavy (non-hydrogen) atoms. The molecule has 1 atom stereocenters. The Balaban J connectivity index is 1.47. The molecule has 10 heteroatoms. The number of piperidine rings is 2. The van der Waals surface area contributed by atoms with E-state index in [0.717, 1.165) is 18.7 Å². The van der Waals surface area contributed by atoms with Crippen molar-refractivity contribution in [3.8, 4) is 0 Å². The molecule has 6 rings (SSSR count). The third-order valence-corrected chi connectivity index (χ3v) is 6.99. The van der Waals surface area contributed by atoms with E-state index in [9.17, 15) is 27.6 Å². The number of ether oxygens (including phenoxy) is 1. The number of esters is 2. The highest BCUT2D eigenvalue weighted by molar-refractivity contribution is 6.02. The Labute approximate surface area is 210 Å². The predicted octanol–water partition coefficient (Wildman–Crippen LogP) is 5.37. The van der Waals surface area contributed by atoms with Crippen molar-refractivity contribution in [3.05, 3.63) is 69.4 Å². The lowest BCUT2D eigenvalue weighted by Gasteiger charge is -2.47. The second-order valence-electron chi connectivity index (χ2n) is 9.87. The van der Waals surface area contributed by atoms with E-state index in [-0.39, 0.29) is 16.7 Å². The molecule has 0 radical (unpaired) electrons. The number of hydrogen-bond acceptors (Lipinski definition) is 7. The molecule has 1 aliphatic carbocycles. The van der Waals surface area contributed by atoms with Gasteiger partial charge in [-0.15, -0.1) is 0 Å². The number of nitrogens with zero attached hydrogens (tertiary/aromatic N) is 1. The Morgan fingerprint density at radius 1 is 1.11 bits per heavy atom. The molecule has 1 aromatic heterocycles. The van der Waals surface area contributed by atoms with E-state index in [0.29, 0.717) is 34.3 Å². The number of carbonyl (C=O) groups is 2. The molecular formula is C27H25F3N2O5. The molecule has 2 saturated heterocycles. The molecule has 3 aromatic rings. The lowest BCUT2D eigenvalue weighted by molar-refractivity contribution is -0.193. The molecule has 194 valence electrons. The number of carbonyl (C=O) groups excluding carboxylic acids is 2. The highest BCUT2D eigenvalue weighted by atomic mass is 19.4. The van der Waals surface area contributed by atoms with Crippen molar-refractivity contribution >= 4 is 34.5 Å². The van der Waals surface area contributed by atoms with Crippen LogP contribution in [0.4, 0.5) is 24.7 Å². The Morgan fingerprint density at radius 3 is 2.46 bits per heavy atom. The molecule has 0 amide bonds. The van der Waals surface area contributed by atoms with E-state index >= 15 is 0 Å². The number of aryl methyl sites for hydroxylation is 1. The van der Waals surface area contributed by atoms with Gasteiger partial charge in [0.1, 0.15) is 5.58 Å².